The first-order valence-corrected chi connectivity index (χ1v) is 4.95. The number of nitrogens with one attached hydrogen (secondary N) is 2. The first-order chi connectivity index (χ1) is 7.48. The van der Waals surface area contributed by atoms with Gasteiger partial charge < -0.3 is 0 Å². The number of hydrogen-bond donors (Lipinski definition) is 2. The number of barbiturate groups is 1. The van der Waals surface area contributed by atoms with Crippen LogP contribution in [-0.4, -0.2) is 17.8 Å². The van der Waals surface area contributed by atoms with Crippen LogP contribution in [0.5, 0.6) is 0 Å². The fraction of sp³-hybridized carbons (Fsp3) is 0.364. The van der Waals surface area contributed by atoms with Crippen LogP contribution in [0.1, 0.15) is 20.3 Å². The van der Waals surface area contributed by atoms with Crippen LogP contribution >= 0.6 is 0 Å². The highest BCUT2D eigenvalue weighted by molar-refractivity contribution is 6.21. The number of rotatable bonds is 3. The number of amides is 4. The fourth-order valence-electron chi connectivity index (χ4n) is 1.83. The van der Waals surface area contributed by atoms with Crippen molar-refractivity contribution in [3.05, 3.63) is 24.3 Å². The van der Waals surface area contributed by atoms with Crippen LogP contribution < -0.4 is 10.6 Å². The molecule has 1 saturated heterocycles. The van der Waals surface area contributed by atoms with Crippen molar-refractivity contribution >= 4 is 17.8 Å². The van der Waals surface area contributed by atoms with Crippen LogP contribution in [0, 0.1) is 5.41 Å². The molecule has 1 fully saturated rings. The average Bonchev–Trinajstić information content (AvgIpc) is 2.18. The van der Waals surface area contributed by atoms with Gasteiger partial charge in [-0.15, -0.1) is 0 Å². The smallest absolute Gasteiger partial charge is 0.277 e. The molecule has 1 heterocycles. The van der Waals surface area contributed by atoms with E-state index in [4.69, 9.17) is 0 Å². The van der Waals surface area contributed by atoms with E-state index < -0.39 is 23.3 Å². The van der Waals surface area contributed by atoms with Crippen molar-refractivity contribution in [2.24, 2.45) is 5.41 Å². The van der Waals surface area contributed by atoms with Gasteiger partial charge in [-0.1, -0.05) is 25.7 Å². The van der Waals surface area contributed by atoms with Gasteiger partial charge in [0.05, 0.1) is 0 Å². The zero-order chi connectivity index (χ0) is 12.3. The average molecular weight is 222 g/mol. The lowest BCUT2D eigenvalue weighted by Crippen LogP contribution is -2.62. The summed E-state index contributed by atoms with van der Waals surface area (Å²) in [6.45, 7) is 6.90. The van der Waals surface area contributed by atoms with Crippen molar-refractivity contribution in [3.63, 3.8) is 0 Å². The predicted molar refractivity (Wildman–Crippen MR) is 58.4 cm³/mol. The lowest BCUT2D eigenvalue weighted by Gasteiger charge is -2.33. The second-order valence-electron chi connectivity index (χ2n) is 3.58. The molecule has 2 N–H and O–H groups in total. The second kappa shape index (κ2) is 4.30. The standard InChI is InChI=1S/C11H14N2O3/c1-4-6-7(3)11(5-2)8(14)12-10(16)13-9(11)15/h4,6H,1,5H2,2-3H3,(H2,12,13,14,15,16). The Morgan fingerprint density at radius 2 is 1.81 bits per heavy atom. The Bertz CT molecular complexity index is 376. The van der Waals surface area contributed by atoms with E-state index >= 15 is 0 Å². The van der Waals surface area contributed by atoms with E-state index in [1.54, 1.807) is 19.9 Å². The molecule has 1 aliphatic heterocycles. The van der Waals surface area contributed by atoms with Crippen molar-refractivity contribution < 1.29 is 14.4 Å². The Balaban J connectivity index is 3.25. The molecule has 0 radical (unpaired) electrons. The molecule has 1 aliphatic rings. The van der Waals surface area contributed by atoms with Gasteiger partial charge >= 0.3 is 6.03 Å². The van der Waals surface area contributed by atoms with E-state index in [1.165, 1.54) is 6.08 Å². The first-order valence-electron chi connectivity index (χ1n) is 4.95. The number of imide groups is 2. The summed E-state index contributed by atoms with van der Waals surface area (Å²) >= 11 is 0. The van der Waals surface area contributed by atoms with E-state index in [9.17, 15) is 14.4 Å². The number of hydrogen-bond acceptors (Lipinski definition) is 3. The molecule has 86 valence electrons. The summed E-state index contributed by atoms with van der Waals surface area (Å²) in [4.78, 5) is 34.6. The predicted octanol–water partition coefficient (Wildman–Crippen LogP) is 0.881. The molecule has 0 aliphatic carbocycles. The van der Waals surface area contributed by atoms with Gasteiger partial charge in [-0.25, -0.2) is 4.79 Å². The summed E-state index contributed by atoms with van der Waals surface area (Å²) in [6, 6.07) is -0.773. The molecule has 1 rings (SSSR count). The number of urea groups is 1. The van der Waals surface area contributed by atoms with Crippen molar-refractivity contribution in [2.75, 3.05) is 0 Å². The van der Waals surface area contributed by atoms with Gasteiger partial charge in [0.15, 0.2) is 0 Å². The van der Waals surface area contributed by atoms with Crippen LogP contribution in [0.2, 0.25) is 0 Å². The summed E-state index contributed by atoms with van der Waals surface area (Å²) in [5, 5.41) is 4.21. The summed E-state index contributed by atoms with van der Waals surface area (Å²) < 4.78 is 0. The van der Waals surface area contributed by atoms with E-state index in [2.05, 4.69) is 17.2 Å². The number of carbonyl (C=O) groups excluding carboxylic acids is 3. The van der Waals surface area contributed by atoms with Crippen molar-refractivity contribution in [1.29, 1.82) is 0 Å². The molecule has 16 heavy (non-hydrogen) atoms. The molecule has 0 unspecified atom stereocenters. The lowest BCUT2D eigenvalue weighted by atomic mass is 9.75. The molecule has 0 spiro atoms. The first kappa shape index (κ1) is 12.2. The zero-order valence-electron chi connectivity index (χ0n) is 9.29. The zero-order valence-corrected chi connectivity index (χ0v) is 9.29. The van der Waals surface area contributed by atoms with Gasteiger partial charge in [-0.2, -0.15) is 0 Å². The minimum Gasteiger partial charge on any atom is -0.277 e. The van der Waals surface area contributed by atoms with Crippen LogP contribution in [0.15, 0.2) is 24.3 Å². The molecule has 0 bridgehead atoms. The van der Waals surface area contributed by atoms with E-state index in [1.807, 2.05) is 0 Å². The summed E-state index contributed by atoms with van der Waals surface area (Å²) in [7, 11) is 0. The fourth-order valence-corrected chi connectivity index (χ4v) is 1.83. The van der Waals surface area contributed by atoms with Gasteiger partial charge in [0, 0.05) is 0 Å². The lowest BCUT2D eigenvalue weighted by molar-refractivity contribution is -0.141. The van der Waals surface area contributed by atoms with E-state index in [0.717, 1.165) is 0 Å². The SMILES string of the molecule is C=CC=C(C)C1(CC)C(=O)NC(=O)NC1=O. The maximum Gasteiger partial charge on any atom is 0.328 e. The summed E-state index contributed by atoms with van der Waals surface area (Å²) in [5.41, 5.74) is -0.741. The van der Waals surface area contributed by atoms with Crippen molar-refractivity contribution in [1.82, 2.24) is 10.6 Å². The Kier molecular flexibility index (Phi) is 3.27. The minimum absolute atomic E-state index is 0.286. The highest BCUT2D eigenvalue weighted by atomic mass is 16.2. The van der Waals surface area contributed by atoms with Gasteiger partial charge in [-0.3, -0.25) is 20.2 Å². The van der Waals surface area contributed by atoms with E-state index in [-0.39, 0.29) is 6.42 Å². The van der Waals surface area contributed by atoms with E-state index in [0.29, 0.717) is 5.57 Å². The normalized spacial score (nSPS) is 20.1. The molecular formula is C11H14N2O3. The Hall–Kier alpha value is -1.91. The minimum atomic E-state index is -1.30. The molecule has 0 aromatic heterocycles. The van der Waals surface area contributed by atoms with Crippen LogP contribution in [0.4, 0.5) is 4.79 Å². The summed E-state index contributed by atoms with van der Waals surface area (Å²) in [6.07, 6.45) is 3.39. The number of allylic oxidation sites excluding steroid dienone is 2. The van der Waals surface area contributed by atoms with Crippen LogP contribution in [0.25, 0.3) is 0 Å². The molecule has 0 atom stereocenters. The maximum absolute atomic E-state index is 11.8. The quantitative estimate of drug-likeness (QED) is 0.550. The highest BCUT2D eigenvalue weighted by Crippen LogP contribution is 2.33. The van der Waals surface area contributed by atoms with Gasteiger partial charge in [0.1, 0.15) is 5.41 Å². The largest absolute Gasteiger partial charge is 0.328 e. The Labute approximate surface area is 93.6 Å². The number of carbonyl (C=O) groups is 3. The third kappa shape index (κ3) is 1.64. The second-order valence-corrected chi connectivity index (χ2v) is 3.58. The van der Waals surface area contributed by atoms with Gasteiger partial charge in [0.2, 0.25) is 11.8 Å². The van der Waals surface area contributed by atoms with Gasteiger partial charge in [0.25, 0.3) is 0 Å². The maximum atomic E-state index is 11.8. The van der Waals surface area contributed by atoms with Crippen LogP contribution in [0.3, 0.4) is 0 Å². The molecule has 0 aromatic carbocycles. The molecule has 0 aromatic rings. The van der Waals surface area contributed by atoms with Crippen LogP contribution in [-0.2, 0) is 9.59 Å². The monoisotopic (exact) mass is 222 g/mol. The Morgan fingerprint density at radius 3 is 2.19 bits per heavy atom. The topological polar surface area (TPSA) is 75.3 Å². The van der Waals surface area contributed by atoms with Crippen molar-refractivity contribution in [3.8, 4) is 0 Å². The molecule has 5 nitrogen and oxygen atoms in total. The summed E-state index contributed by atoms with van der Waals surface area (Å²) in [5.74, 6) is -1.17. The van der Waals surface area contributed by atoms with Gasteiger partial charge in [-0.05, 0) is 18.9 Å². The molecule has 4 amide bonds. The Morgan fingerprint density at radius 1 is 1.31 bits per heavy atom. The third-order valence-electron chi connectivity index (χ3n) is 2.80. The molecule has 0 saturated carbocycles. The highest BCUT2D eigenvalue weighted by Gasteiger charge is 2.49. The molecule has 5 heteroatoms. The molecular weight excluding hydrogens is 208 g/mol. The van der Waals surface area contributed by atoms with Crippen molar-refractivity contribution in [2.45, 2.75) is 20.3 Å². The third-order valence-corrected chi connectivity index (χ3v) is 2.80.